The molecule has 0 fully saturated rings. The van der Waals surface area contributed by atoms with Gasteiger partial charge >= 0.3 is 0 Å². The van der Waals surface area contributed by atoms with Crippen LogP contribution >= 0.6 is 11.6 Å². The van der Waals surface area contributed by atoms with Crippen molar-refractivity contribution in [1.29, 1.82) is 0 Å². The van der Waals surface area contributed by atoms with Crippen LogP contribution in [0.25, 0.3) is 0 Å². The molecule has 0 saturated carbocycles. The average Bonchev–Trinajstić information content (AvgIpc) is 2.46. The Morgan fingerprint density at radius 2 is 2.05 bits per heavy atom. The van der Waals surface area contributed by atoms with Crippen molar-refractivity contribution >= 4 is 17.5 Å². The number of hydrogen-bond acceptors (Lipinski definition) is 3. The summed E-state index contributed by atoms with van der Waals surface area (Å²) in [6.07, 6.45) is 3.90. The molecule has 0 unspecified atom stereocenters. The molecule has 1 aliphatic carbocycles. The van der Waals surface area contributed by atoms with Crippen molar-refractivity contribution in [2.24, 2.45) is 0 Å². The predicted molar refractivity (Wildman–Crippen MR) is 80.3 cm³/mol. The molecule has 0 bridgehead atoms. The van der Waals surface area contributed by atoms with Crippen molar-refractivity contribution in [1.82, 2.24) is 9.97 Å². The molecule has 1 aliphatic rings. The highest BCUT2D eigenvalue weighted by molar-refractivity contribution is 6.31. The number of anilines is 1. The van der Waals surface area contributed by atoms with E-state index in [2.05, 4.69) is 15.3 Å². The highest BCUT2D eigenvalue weighted by atomic mass is 35.5. The van der Waals surface area contributed by atoms with E-state index in [0.29, 0.717) is 17.5 Å². The van der Waals surface area contributed by atoms with Crippen LogP contribution in [0.2, 0.25) is 5.02 Å². The minimum atomic E-state index is -0.0173. The number of hydrogen-bond donors (Lipinski definition) is 2. The molecule has 3 rings (SSSR count). The normalized spacial score (nSPS) is 13.8. The van der Waals surface area contributed by atoms with Gasteiger partial charge in [-0.25, -0.2) is 4.98 Å². The zero-order chi connectivity index (χ0) is 13.9. The SMILES string of the molecule is O=c1[nH]c(NCc2ccccc2Cl)nc2c1CCCC2. The molecule has 1 heterocycles. The molecule has 4 nitrogen and oxygen atoms in total. The van der Waals surface area contributed by atoms with Gasteiger partial charge in [-0.15, -0.1) is 0 Å². The molecular weight excluding hydrogens is 274 g/mol. The third kappa shape index (κ3) is 2.70. The Balaban J connectivity index is 1.80. The van der Waals surface area contributed by atoms with E-state index in [1.807, 2.05) is 24.3 Å². The molecule has 0 radical (unpaired) electrons. The second-order valence-electron chi connectivity index (χ2n) is 4.99. The van der Waals surface area contributed by atoms with Crippen LogP contribution in [0.4, 0.5) is 5.95 Å². The topological polar surface area (TPSA) is 57.8 Å². The molecule has 1 aromatic carbocycles. The summed E-state index contributed by atoms with van der Waals surface area (Å²) in [5, 5.41) is 3.85. The Morgan fingerprint density at radius 3 is 2.90 bits per heavy atom. The van der Waals surface area contributed by atoms with E-state index in [1.54, 1.807) is 0 Å². The number of aromatic nitrogens is 2. The fourth-order valence-electron chi connectivity index (χ4n) is 2.51. The number of rotatable bonds is 3. The standard InChI is InChI=1S/C15H16ClN3O/c16-12-7-3-1-5-10(12)9-17-15-18-13-8-4-2-6-11(13)14(20)19-15/h1,3,5,7H,2,4,6,8-9H2,(H2,17,18,19,20). The summed E-state index contributed by atoms with van der Waals surface area (Å²) in [5.74, 6) is 0.524. The number of nitrogens with one attached hydrogen (secondary N) is 2. The zero-order valence-electron chi connectivity index (χ0n) is 11.1. The summed E-state index contributed by atoms with van der Waals surface area (Å²) in [6, 6.07) is 7.63. The summed E-state index contributed by atoms with van der Waals surface area (Å²) in [5.41, 5.74) is 2.74. The second kappa shape index (κ2) is 5.67. The first-order valence-corrected chi connectivity index (χ1v) is 7.21. The first-order valence-electron chi connectivity index (χ1n) is 6.83. The highest BCUT2D eigenvalue weighted by Crippen LogP contribution is 2.18. The fourth-order valence-corrected chi connectivity index (χ4v) is 2.71. The minimum absolute atomic E-state index is 0.0173. The third-order valence-electron chi connectivity index (χ3n) is 3.60. The molecule has 20 heavy (non-hydrogen) atoms. The van der Waals surface area contributed by atoms with Crippen molar-refractivity contribution in [2.45, 2.75) is 32.2 Å². The first kappa shape index (κ1) is 13.2. The van der Waals surface area contributed by atoms with E-state index in [9.17, 15) is 4.79 Å². The molecule has 5 heteroatoms. The van der Waals surface area contributed by atoms with Crippen molar-refractivity contribution in [3.05, 3.63) is 56.5 Å². The molecule has 2 N–H and O–H groups in total. The molecule has 2 aromatic rings. The van der Waals surface area contributed by atoms with Crippen LogP contribution in [-0.2, 0) is 19.4 Å². The van der Waals surface area contributed by atoms with Gasteiger partial charge in [0.1, 0.15) is 0 Å². The van der Waals surface area contributed by atoms with Crippen LogP contribution in [0.15, 0.2) is 29.1 Å². The van der Waals surface area contributed by atoms with Gasteiger partial charge in [0.2, 0.25) is 5.95 Å². The quantitative estimate of drug-likeness (QED) is 0.913. The number of fused-ring (bicyclic) bond motifs is 1. The Morgan fingerprint density at radius 1 is 1.25 bits per heavy atom. The molecule has 0 amide bonds. The number of nitrogens with zero attached hydrogens (tertiary/aromatic N) is 1. The van der Waals surface area contributed by atoms with Crippen molar-refractivity contribution < 1.29 is 0 Å². The van der Waals surface area contributed by atoms with E-state index in [0.717, 1.165) is 42.5 Å². The Kier molecular flexibility index (Phi) is 3.74. The summed E-state index contributed by atoms with van der Waals surface area (Å²) < 4.78 is 0. The minimum Gasteiger partial charge on any atom is -0.352 e. The average molecular weight is 290 g/mol. The van der Waals surface area contributed by atoms with E-state index in [1.165, 1.54) is 0 Å². The lowest BCUT2D eigenvalue weighted by Crippen LogP contribution is -2.22. The second-order valence-corrected chi connectivity index (χ2v) is 5.40. The van der Waals surface area contributed by atoms with Gasteiger partial charge in [0.25, 0.3) is 5.56 Å². The van der Waals surface area contributed by atoms with Gasteiger partial charge in [0.15, 0.2) is 0 Å². The third-order valence-corrected chi connectivity index (χ3v) is 3.96. The van der Waals surface area contributed by atoms with Crippen molar-refractivity contribution in [3.8, 4) is 0 Å². The van der Waals surface area contributed by atoms with Gasteiger partial charge in [-0.05, 0) is 37.3 Å². The largest absolute Gasteiger partial charge is 0.352 e. The van der Waals surface area contributed by atoms with E-state index >= 15 is 0 Å². The Labute approximate surface area is 122 Å². The number of halogens is 1. The van der Waals surface area contributed by atoms with Crippen LogP contribution < -0.4 is 10.9 Å². The molecule has 0 saturated heterocycles. The summed E-state index contributed by atoms with van der Waals surface area (Å²) in [6.45, 7) is 0.543. The monoisotopic (exact) mass is 289 g/mol. The lowest BCUT2D eigenvalue weighted by atomic mass is 9.97. The summed E-state index contributed by atoms with van der Waals surface area (Å²) in [4.78, 5) is 19.3. The molecule has 104 valence electrons. The van der Waals surface area contributed by atoms with Crippen LogP contribution in [-0.4, -0.2) is 9.97 Å². The molecular formula is C15H16ClN3O. The molecule has 0 atom stereocenters. The van der Waals surface area contributed by atoms with Crippen LogP contribution in [0.3, 0.4) is 0 Å². The van der Waals surface area contributed by atoms with Crippen molar-refractivity contribution in [2.75, 3.05) is 5.32 Å². The highest BCUT2D eigenvalue weighted by Gasteiger charge is 2.15. The first-order chi connectivity index (χ1) is 9.74. The molecule has 1 aromatic heterocycles. The van der Waals surface area contributed by atoms with Crippen molar-refractivity contribution in [3.63, 3.8) is 0 Å². The molecule has 0 spiro atoms. The number of aromatic amines is 1. The fraction of sp³-hybridized carbons (Fsp3) is 0.333. The van der Waals surface area contributed by atoms with Gasteiger partial charge in [0.05, 0.1) is 5.69 Å². The Bertz CT molecular complexity index is 681. The smallest absolute Gasteiger partial charge is 0.255 e. The maximum Gasteiger partial charge on any atom is 0.255 e. The number of H-pyrrole nitrogens is 1. The van der Waals surface area contributed by atoms with Gasteiger partial charge < -0.3 is 5.32 Å². The predicted octanol–water partition coefficient (Wildman–Crippen LogP) is 2.91. The van der Waals surface area contributed by atoms with Crippen LogP contribution in [0, 0.1) is 0 Å². The number of aryl methyl sites for hydroxylation is 1. The summed E-state index contributed by atoms with van der Waals surface area (Å²) >= 11 is 6.10. The van der Waals surface area contributed by atoms with Crippen LogP contribution in [0.1, 0.15) is 29.7 Å². The zero-order valence-corrected chi connectivity index (χ0v) is 11.8. The van der Waals surface area contributed by atoms with Gasteiger partial charge in [-0.3, -0.25) is 9.78 Å². The van der Waals surface area contributed by atoms with Crippen LogP contribution in [0.5, 0.6) is 0 Å². The van der Waals surface area contributed by atoms with E-state index in [4.69, 9.17) is 11.6 Å². The lowest BCUT2D eigenvalue weighted by molar-refractivity contribution is 0.657. The van der Waals surface area contributed by atoms with E-state index in [-0.39, 0.29) is 5.56 Å². The Hall–Kier alpha value is -1.81. The number of benzene rings is 1. The lowest BCUT2D eigenvalue weighted by Gasteiger charge is -2.15. The van der Waals surface area contributed by atoms with Gasteiger partial charge in [-0.2, -0.15) is 0 Å². The maximum absolute atomic E-state index is 12.0. The summed E-state index contributed by atoms with van der Waals surface area (Å²) in [7, 11) is 0. The van der Waals surface area contributed by atoms with E-state index < -0.39 is 0 Å². The maximum atomic E-state index is 12.0. The molecule has 0 aliphatic heterocycles. The van der Waals surface area contributed by atoms with Gasteiger partial charge in [-0.1, -0.05) is 29.8 Å². The van der Waals surface area contributed by atoms with Gasteiger partial charge in [0, 0.05) is 17.1 Å².